The lowest BCUT2D eigenvalue weighted by molar-refractivity contribution is 0.414. The first-order valence-corrected chi connectivity index (χ1v) is 7.74. The number of anilines is 1. The van der Waals surface area contributed by atoms with Gasteiger partial charge in [-0.05, 0) is 42.5 Å². The average molecular weight is 270 g/mol. The number of sulfonamides is 1. The molecule has 1 aromatic rings. The molecule has 18 heavy (non-hydrogen) atoms. The summed E-state index contributed by atoms with van der Waals surface area (Å²) in [5, 5.41) is 0. The summed E-state index contributed by atoms with van der Waals surface area (Å²) in [4.78, 5) is 0. The van der Waals surface area contributed by atoms with E-state index in [-0.39, 0.29) is 6.04 Å². The maximum atomic E-state index is 11.3. The van der Waals surface area contributed by atoms with Gasteiger partial charge in [0.2, 0.25) is 10.0 Å². The van der Waals surface area contributed by atoms with Gasteiger partial charge in [0.15, 0.2) is 0 Å². The summed E-state index contributed by atoms with van der Waals surface area (Å²) < 4.78 is 30.3. The third kappa shape index (κ3) is 2.76. The largest absolute Gasteiger partial charge is 0.495 e. The van der Waals surface area contributed by atoms with E-state index >= 15 is 0 Å². The maximum Gasteiger partial charge on any atom is 0.229 e. The second-order valence-electron chi connectivity index (χ2n) is 4.62. The fraction of sp³-hybridized carbons (Fsp3) is 0.500. The summed E-state index contributed by atoms with van der Waals surface area (Å²) in [6.07, 6.45) is 4.02. The summed E-state index contributed by atoms with van der Waals surface area (Å²) in [6, 6.07) is 3.68. The van der Waals surface area contributed by atoms with E-state index in [0.29, 0.717) is 11.4 Å². The molecule has 2 rings (SSSR count). The number of rotatable bonds is 3. The van der Waals surface area contributed by atoms with Crippen LogP contribution < -0.4 is 15.2 Å². The number of nitrogens with two attached hydrogens (primary N) is 1. The number of hydrogen-bond acceptors (Lipinski definition) is 4. The number of benzene rings is 1. The summed E-state index contributed by atoms with van der Waals surface area (Å²) in [5.41, 5.74) is 8.68. The lowest BCUT2D eigenvalue weighted by Crippen LogP contribution is -2.18. The Balaban J connectivity index is 2.47. The van der Waals surface area contributed by atoms with Gasteiger partial charge in [-0.3, -0.25) is 4.72 Å². The van der Waals surface area contributed by atoms with Crippen molar-refractivity contribution >= 4 is 15.7 Å². The Bertz CT molecular complexity index is 555. The molecule has 3 N–H and O–H groups in total. The molecule has 5 nitrogen and oxygen atoms in total. The van der Waals surface area contributed by atoms with Gasteiger partial charge in [-0.25, -0.2) is 8.42 Å². The smallest absolute Gasteiger partial charge is 0.229 e. The van der Waals surface area contributed by atoms with Crippen LogP contribution in [0.25, 0.3) is 0 Å². The highest BCUT2D eigenvalue weighted by Crippen LogP contribution is 2.36. The summed E-state index contributed by atoms with van der Waals surface area (Å²) >= 11 is 0. The second kappa shape index (κ2) is 4.78. The van der Waals surface area contributed by atoms with Crippen molar-refractivity contribution in [3.8, 4) is 5.75 Å². The van der Waals surface area contributed by atoms with Crippen molar-refractivity contribution in [3.05, 3.63) is 23.3 Å². The van der Waals surface area contributed by atoms with Crippen molar-refractivity contribution in [2.75, 3.05) is 18.1 Å². The molecule has 1 aromatic carbocycles. The van der Waals surface area contributed by atoms with Gasteiger partial charge in [0.1, 0.15) is 5.75 Å². The molecular formula is C12H18N2O3S. The molecule has 0 saturated heterocycles. The normalized spacial score (nSPS) is 19.2. The van der Waals surface area contributed by atoms with E-state index in [2.05, 4.69) is 4.72 Å². The van der Waals surface area contributed by atoms with Crippen LogP contribution in [0, 0.1) is 0 Å². The number of ether oxygens (including phenoxy) is 1. The van der Waals surface area contributed by atoms with Gasteiger partial charge >= 0.3 is 0 Å². The Hall–Kier alpha value is -1.27. The lowest BCUT2D eigenvalue weighted by atomic mass is 9.87. The standard InChI is InChI=1S/C12H18N2O3S/c1-17-12-7-9-8(4-3-5-10(9)13)6-11(12)14-18(2,15)16/h6-7,10,14H,3-5,13H2,1-2H3. The van der Waals surface area contributed by atoms with Crippen LogP contribution >= 0.6 is 0 Å². The summed E-state index contributed by atoms with van der Waals surface area (Å²) in [7, 11) is -1.79. The molecule has 0 heterocycles. The summed E-state index contributed by atoms with van der Waals surface area (Å²) in [5.74, 6) is 0.511. The third-order valence-corrected chi connectivity index (χ3v) is 3.71. The van der Waals surface area contributed by atoms with E-state index in [0.717, 1.165) is 36.6 Å². The zero-order valence-corrected chi connectivity index (χ0v) is 11.4. The Labute approximate surface area is 107 Å². The van der Waals surface area contributed by atoms with Crippen molar-refractivity contribution in [1.82, 2.24) is 0 Å². The third-order valence-electron chi connectivity index (χ3n) is 3.12. The number of aryl methyl sites for hydroxylation is 1. The molecule has 0 saturated carbocycles. The van der Waals surface area contributed by atoms with Crippen LogP contribution in [0.2, 0.25) is 0 Å². The first kappa shape index (κ1) is 13.2. The topological polar surface area (TPSA) is 81.4 Å². The molecular weight excluding hydrogens is 252 g/mol. The quantitative estimate of drug-likeness (QED) is 0.870. The van der Waals surface area contributed by atoms with Crippen molar-refractivity contribution in [3.63, 3.8) is 0 Å². The Morgan fingerprint density at radius 1 is 1.44 bits per heavy atom. The zero-order valence-electron chi connectivity index (χ0n) is 10.6. The van der Waals surface area contributed by atoms with Crippen LogP contribution in [0.1, 0.15) is 30.0 Å². The van der Waals surface area contributed by atoms with Crippen LogP contribution in [-0.2, 0) is 16.4 Å². The van der Waals surface area contributed by atoms with Gasteiger partial charge in [-0.2, -0.15) is 0 Å². The second-order valence-corrected chi connectivity index (χ2v) is 6.37. The number of hydrogen-bond donors (Lipinski definition) is 2. The van der Waals surface area contributed by atoms with Crippen molar-refractivity contribution < 1.29 is 13.2 Å². The predicted molar refractivity (Wildman–Crippen MR) is 71.3 cm³/mol. The number of fused-ring (bicyclic) bond motifs is 1. The fourth-order valence-electron chi connectivity index (χ4n) is 2.32. The molecule has 1 unspecified atom stereocenters. The average Bonchev–Trinajstić information content (AvgIpc) is 2.26. The summed E-state index contributed by atoms with van der Waals surface area (Å²) in [6.45, 7) is 0. The lowest BCUT2D eigenvalue weighted by Gasteiger charge is -2.24. The minimum absolute atomic E-state index is 0.00920. The van der Waals surface area contributed by atoms with Gasteiger partial charge in [-0.1, -0.05) is 0 Å². The van der Waals surface area contributed by atoms with E-state index < -0.39 is 10.0 Å². The highest BCUT2D eigenvalue weighted by Gasteiger charge is 2.20. The maximum absolute atomic E-state index is 11.3. The van der Waals surface area contributed by atoms with Gasteiger partial charge in [0.05, 0.1) is 19.1 Å². The van der Waals surface area contributed by atoms with Crippen LogP contribution in [0.4, 0.5) is 5.69 Å². The Kier molecular flexibility index (Phi) is 3.49. The van der Waals surface area contributed by atoms with Crippen molar-refractivity contribution in [1.29, 1.82) is 0 Å². The molecule has 100 valence electrons. The van der Waals surface area contributed by atoms with E-state index in [1.165, 1.54) is 7.11 Å². The molecule has 0 aliphatic heterocycles. The molecule has 0 spiro atoms. The monoisotopic (exact) mass is 270 g/mol. The van der Waals surface area contributed by atoms with Gasteiger partial charge < -0.3 is 10.5 Å². The van der Waals surface area contributed by atoms with E-state index in [1.807, 2.05) is 12.1 Å². The molecule has 1 aliphatic carbocycles. The number of nitrogens with one attached hydrogen (secondary N) is 1. The zero-order chi connectivity index (χ0) is 13.3. The van der Waals surface area contributed by atoms with Crippen molar-refractivity contribution in [2.24, 2.45) is 5.73 Å². The Morgan fingerprint density at radius 2 is 2.17 bits per heavy atom. The molecule has 0 radical (unpaired) electrons. The SMILES string of the molecule is COc1cc2c(cc1NS(C)(=O)=O)CCCC2N. The molecule has 6 heteroatoms. The molecule has 1 atom stereocenters. The first-order chi connectivity index (χ1) is 8.40. The van der Waals surface area contributed by atoms with Crippen LogP contribution in [-0.4, -0.2) is 21.8 Å². The molecule has 0 aromatic heterocycles. The predicted octanol–water partition coefficient (Wildman–Crippen LogP) is 1.40. The van der Waals surface area contributed by atoms with Crippen LogP contribution in [0.5, 0.6) is 5.75 Å². The first-order valence-electron chi connectivity index (χ1n) is 5.85. The van der Waals surface area contributed by atoms with Gasteiger partial charge in [-0.15, -0.1) is 0 Å². The minimum Gasteiger partial charge on any atom is -0.495 e. The van der Waals surface area contributed by atoms with E-state index in [1.54, 1.807) is 0 Å². The molecule has 1 aliphatic rings. The van der Waals surface area contributed by atoms with Crippen molar-refractivity contribution in [2.45, 2.75) is 25.3 Å². The van der Waals surface area contributed by atoms with Gasteiger partial charge in [0.25, 0.3) is 0 Å². The van der Waals surface area contributed by atoms with Crippen LogP contribution in [0.3, 0.4) is 0 Å². The van der Waals surface area contributed by atoms with E-state index in [9.17, 15) is 8.42 Å². The molecule has 0 fully saturated rings. The highest BCUT2D eigenvalue weighted by molar-refractivity contribution is 7.92. The molecule has 0 amide bonds. The van der Waals surface area contributed by atoms with E-state index in [4.69, 9.17) is 10.5 Å². The molecule has 0 bridgehead atoms. The van der Waals surface area contributed by atoms with Gasteiger partial charge in [0, 0.05) is 6.04 Å². The minimum atomic E-state index is -3.31. The highest BCUT2D eigenvalue weighted by atomic mass is 32.2. The van der Waals surface area contributed by atoms with Crippen LogP contribution in [0.15, 0.2) is 12.1 Å². The number of methoxy groups -OCH3 is 1. The Morgan fingerprint density at radius 3 is 2.78 bits per heavy atom. The fourth-order valence-corrected chi connectivity index (χ4v) is 2.88.